The van der Waals surface area contributed by atoms with E-state index in [0.717, 1.165) is 6.54 Å². The molecule has 2 aromatic rings. The van der Waals surface area contributed by atoms with Crippen molar-refractivity contribution in [1.29, 1.82) is 0 Å². The molecule has 1 heterocycles. The normalized spacial score (nSPS) is 14.5. The summed E-state index contributed by atoms with van der Waals surface area (Å²) in [6.45, 7) is 6.02. The first-order valence-electron chi connectivity index (χ1n) is 8.83. The molecule has 1 aliphatic heterocycles. The number of thiocarbonyl (C=S) groups is 1. The molecule has 3 N–H and O–H groups in total. The van der Waals surface area contributed by atoms with Crippen molar-refractivity contribution in [3.63, 3.8) is 0 Å². The summed E-state index contributed by atoms with van der Waals surface area (Å²) >= 11 is 5.35. The van der Waals surface area contributed by atoms with Gasteiger partial charge in [0.05, 0.1) is 13.1 Å². The van der Waals surface area contributed by atoms with Crippen molar-refractivity contribution < 1.29 is 9.29 Å². The van der Waals surface area contributed by atoms with Crippen LogP contribution in [0.5, 0.6) is 0 Å². The number of anilines is 1. The highest BCUT2D eigenvalue weighted by atomic mass is 32.1. The van der Waals surface area contributed by atoms with Crippen LogP contribution in [0.1, 0.15) is 29.5 Å². The number of hydrogen-bond acceptors (Lipinski definition) is 1. The van der Waals surface area contributed by atoms with Crippen molar-refractivity contribution in [3.8, 4) is 0 Å². The van der Waals surface area contributed by atoms with Gasteiger partial charge in [-0.1, -0.05) is 30.3 Å². The van der Waals surface area contributed by atoms with Gasteiger partial charge >= 0.3 is 0 Å². The molecule has 0 radical (unpaired) electrons. The van der Waals surface area contributed by atoms with Crippen LogP contribution in [-0.4, -0.2) is 18.2 Å². The first-order chi connectivity index (χ1) is 12.1. The Kier molecular flexibility index (Phi) is 6.00. The number of benzene rings is 2. The van der Waals surface area contributed by atoms with Crippen LogP contribution in [0.2, 0.25) is 0 Å². The van der Waals surface area contributed by atoms with Crippen LogP contribution in [0.15, 0.2) is 42.5 Å². The smallest absolute Gasteiger partial charge is 0.171 e. The molecule has 0 bridgehead atoms. The predicted molar refractivity (Wildman–Crippen MR) is 104 cm³/mol. The minimum absolute atomic E-state index is 0.230. The average Bonchev–Trinajstić information content (AvgIpc) is 3.10. The summed E-state index contributed by atoms with van der Waals surface area (Å²) in [5, 5.41) is 6.79. The molecule has 5 heteroatoms. The highest BCUT2D eigenvalue weighted by molar-refractivity contribution is 7.80. The van der Waals surface area contributed by atoms with Crippen molar-refractivity contribution in [2.75, 3.05) is 18.4 Å². The molecule has 1 fully saturated rings. The van der Waals surface area contributed by atoms with E-state index in [4.69, 9.17) is 12.2 Å². The van der Waals surface area contributed by atoms with Crippen molar-refractivity contribution in [1.82, 2.24) is 5.32 Å². The monoisotopic (exact) mass is 358 g/mol. The number of quaternary nitrogens is 1. The van der Waals surface area contributed by atoms with Crippen molar-refractivity contribution in [3.05, 3.63) is 65.0 Å². The maximum absolute atomic E-state index is 13.6. The van der Waals surface area contributed by atoms with Gasteiger partial charge < -0.3 is 15.5 Å². The van der Waals surface area contributed by atoms with E-state index in [1.165, 1.54) is 43.1 Å². The lowest BCUT2D eigenvalue weighted by Gasteiger charge is -2.16. The maximum atomic E-state index is 13.6. The van der Waals surface area contributed by atoms with Crippen molar-refractivity contribution in [2.45, 2.75) is 32.9 Å². The third-order valence-electron chi connectivity index (χ3n) is 4.74. The summed E-state index contributed by atoms with van der Waals surface area (Å²) < 4.78 is 13.6. The molecular weight excluding hydrogens is 333 g/mol. The molecule has 0 saturated carbocycles. The summed E-state index contributed by atoms with van der Waals surface area (Å²) in [6.07, 6.45) is 2.66. The molecule has 0 aromatic heterocycles. The Bertz CT molecular complexity index is 741. The van der Waals surface area contributed by atoms with E-state index >= 15 is 0 Å². The van der Waals surface area contributed by atoms with E-state index in [1.807, 2.05) is 6.07 Å². The van der Waals surface area contributed by atoms with E-state index in [1.54, 1.807) is 17.9 Å². The summed E-state index contributed by atoms with van der Waals surface area (Å²) in [7, 11) is 0. The summed E-state index contributed by atoms with van der Waals surface area (Å²) in [6, 6.07) is 13.5. The zero-order chi connectivity index (χ0) is 17.6. The summed E-state index contributed by atoms with van der Waals surface area (Å²) in [5.41, 5.74) is 3.93. The SMILES string of the molecule is Cc1ccc(NC(=S)NCc2ccccc2C[NH+]2CCCC2)cc1F. The largest absolute Gasteiger partial charge is 0.358 e. The van der Waals surface area contributed by atoms with E-state index in [9.17, 15) is 4.39 Å². The average molecular weight is 359 g/mol. The lowest BCUT2D eigenvalue weighted by Crippen LogP contribution is -3.08. The van der Waals surface area contributed by atoms with Gasteiger partial charge in [0.25, 0.3) is 0 Å². The molecule has 1 aliphatic rings. The Hall–Kier alpha value is -1.98. The molecule has 132 valence electrons. The Morgan fingerprint density at radius 2 is 1.84 bits per heavy atom. The van der Waals surface area contributed by atoms with Crippen molar-refractivity contribution >= 4 is 23.0 Å². The fourth-order valence-corrected chi connectivity index (χ4v) is 3.43. The number of nitrogens with one attached hydrogen (secondary N) is 3. The first kappa shape index (κ1) is 17.8. The van der Waals surface area contributed by atoms with Crippen molar-refractivity contribution in [2.24, 2.45) is 0 Å². The fourth-order valence-electron chi connectivity index (χ4n) is 3.24. The molecule has 0 unspecified atom stereocenters. The molecule has 1 saturated heterocycles. The molecular formula is C20H25FN3S+. The minimum atomic E-state index is -0.230. The van der Waals surface area contributed by atoms with Gasteiger partial charge in [-0.05, 0) is 42.4 Å². The highest BCUT2D eigenvalue weighted by Gasteiger charge is 2.17. The van der Waals surface area contributed by atoms with E-state index in [0.29, 0.717) is 22.9 Å². The predicted octanol–water partition coefficient (Wildman–Crippen LogP) is 2.80. The molecule has 3 rings (SSSR count). The zero-order valence-corrected chi connectivity index (χ0v) is 15.4. The quantitative estimate of drug-likeness (QED) is 0.718. The second-order valence-corrected chi connectivity index (χ2v) is 7.08. The molecule has 0 aliphatic carbocycles. The third-order valence-corrected chi connectivity index (χ3v) is 4.98. The van der Waals surface area contributed by atoms with E-state index in [2.05, 4.69) is 34.9 Å². The number of rotatable bonds is 5. The van der Waals surface area contributed by atoms with Crippen LogP contribution in [0.4, 0.5) is 10.1 Å². The van der Waals surface area contributed by atoms with Gasteiger partial charge in [-0.2, -0.15) is 0 Å². The van der Waals surface area contributed by atoms with Gasteiger partial charge in [0, 0.05) is 30.6 Å². The van der Waals surface area contributed by atoms with Crippen LogP contribution in [0, 0.1) is 12.7 Å². The lowest BCUT2D eigenvalue weighted by molar-refractivity contribution is -0.901. The highest BCUT2D eigenvalue weighted by Crippen LogP contribution is 2.13. The maximum Gasteiger partial charge on any atom is 0.171 e. The standard InChI is InChI=1S/C20H24FN3S/c1-15-8-9-18(12-19(15)21)23-20(25)22-13-16-6-2-3-7-17(16)14-24-10-4-5-11-24/h2-3,6-9,12H,4-5,10-11,13-14H2,1H3,(H2,22,23,25)/p+1. The first-order valence-corrected chi connectivity index (χ1v) is 9.24. The molecule has 0 atom stereocenters. The van der Waals surface area contributed by atoms with Gasteiger partial charge in [-0.25, -0.2) is 4.39 Å². The second kappa shape index (κ2) is 8.41. The lowest BCUT2D eigenvalue weighted by atomic mass is 10.1. The number of aryl methyl sites for hydroxylation is 1. The van der Waals surface area contributed by atoms with Crippen LogP contribution in [-0.2, 0) is 13.1 Å². The summed E-state index contributed by atoms with van der Waals surface area (Å²) in [4.78, 5) is 1.66. The molecule has 2 aromatic carbocycles. The third kappa shape index (κ3) is 5.00. The molecule has 25 heavy (non-hydrogen) atoms. The van der Waals surface area contributed by atoms with Crippen LogP contribution < -0.4 is 15.5 Å². The van der Waals surface area contributed by atoms with Crippen LogP contribution in [0.3, 0.4) is 0 Å². The van der Waals surface area contributed by atoms with Gasteiger partial charge in [-0.3, -0.25) is 0 Å². The Balaban J connectivity index is 1.57. The second-order valence-electron chi connectivity index (χ2n) is 6.67. The van der Waals surface area contributed by atoms with Gasteiger partial charge in [-0.15, -0.1) is 0 Å². The van der Waals surface area contributed by atoms with E-state index in [-0.39, 0.29) is 5.82 Å². The Labute approximate surface area is 154 Å². The topological polar surface area (TPSA) is 28.5 Å². The zero-order valence-electron chi connectivity index (χ0n) is 14.6. The number of halogens is 1. The molecule has 0 spiro atoms. The minimum Gasteiger partial charge on any atom is -0.358 e. The number of likely N-dealkylation sites (tertiary alicyclic amines) is 1. The fraction of sp³-hybridized carbons (Fsp3) is 0.350. The summed E-state index contributed by atoms with van der Waals surface area (Å²) in [5.74, 6) is -0.230. The Morgan fingerprint density at radius 3 is 2.56 bits per heavy atom. The number of hydrogen-bond donors (Lipinski definition) is 3. The Morgan fingerprint density at radius 1 is 1.12 bits per heavy atom. The van der Waals surface area contributed by atoms with Crippen LogP contribution in [0.25, 0.3) is 0 Å². The van der Waals surface area contributed by atoms with E-state index < -0.39 is 0 Å². The molecule has 3 nitrogen and oxygen atoms in total. The van der Waals surface area contributed by atoms with Crippen LogP contribution >= 0.6 is 12.2 Å². The molecule has 0 amide bonds. The van der Waals surface area contributed by atoms with Gasteiger partial charge in [0.1, 0.15) is 12.4 Å². The van der Waals surface area contributed by atoms with Gasteiger partial charge in [0.2, 0.25) is 0 Å². The van der Waals surface area contributed by atoms with Gasteiger partial charge in [0.15, 0.2) is 5.11 Å².